The van der Waals surface area contributed by atoms with Crippen molar-refractivity contribution in [3.63, 3.8) is 0 Å². The van der Waals surface area contributed by atoms with Crippen LogP contribution in [0.1, 0.15) is 7.43 Å². The molecule has 0 fully saturated rings. The van der Waals surface area contributed by atoms with E-state index in [2.05, 4.69) is 0 Å². The largest absolute Gasteiger partial charge is 0.412 e. The first-order valence-corrected chi connectivity index (χ1v) is 0. The molecule has 0 aromatic heterocycles. The van der Waals surface area contributed by atoms with Crippen molar-refractivity contribution in [1.29, 1.82) is 0 Å². The first-order chi connectivity index (χ1) is 0. The third-order valence-corrected chi connectivity index (χ3v) is 0. The number of hydrogen-bond donors (Lipinski definition) is 0. The average Bonchev–Trinajstić information content (AvgIpc) is 0. The molecule has 0 aliphatic carbocycles. The molecule has 0 amide bonds. The minimum Gasteiger partial charge on any atom is -0.412 e. The Morgan fingerprint density at radius 3 is 0.750 bits per heavy atom. The molecule has 4 heavy (non-hydrogen) atoms. The summed E-state index contributed by atoms with van der Waals surface area (Å²) < 4.78 is 0. The Kier molecular flexibility index (Phi) is 506. The zero-order valence-electron chi connectivity index (χ0n) is 1.29. The van der Waals surface area contributed by atoms with Gasteiger partial charge in [-0.2, -0.15) is 0 Å². The van der Waals surface area contributed by atoms with Gasteiger partial charge in [-0.3, -0.25) is 0 Å². The molecule has 0 aliphatic heterocycles. The summed E-state index contributed by atoms with van der Waals surface area (Å²) in [5.74, 6) is 0. The summed E-state index contributed by atoms with van der Waals surface area (Å²) in [5, 5.41) is 0. The second kappa shape index (κ2) is 30.7. The van der Waals surface area contributed by atoms with Crippen molar-refractivity contribution in [2.24, 2.45) is 0 Å². The topological polar surface area (TPSA) is 63.0 Å². The van der Waals surface area contributed by atoms with Gasteiger partial charge < -0.3 is 11.0 Å². The van der Waals surface area contributed by atoms with Gasteiger partial charge in [-0.1, -0.05) is 7.43 Å². The molecule has 0 heterocycles. The summed E-state index contributed by atoms with van der Waals surface area (Å²) in [6.45, 7) is 0. The Morgan fingerprint density at radius 2 is 0.750 bits per heavy atom. The summed E-state index contributed by atoms with van der Waals surface area (Å²) in [7, 11) is 0. The van der Waals surface area contributed by atoms with Gasteiger partial charge in [0.2, 0.25) is 0 Å². The van der Waals surface area contributed by atoms with E-state index in [0.29, 0.717) is 0 Å². The minimum atomic E-state index is 0. The SMILES string of the molecule is C.O.O.[Er]. The van der Waals surface area contributed by atoms with Gasteiger partial charge in [-0.15, -0.1) is 0 Å². The van der Waals surface area contributed by atoms with Crippen LogP contribution in [0.5, 0.6) is 0 Å². The van der Waals surface area contributed by atoms with Gasteiger partial charge in [-0.05, 0) is 0 Å². The molecule has 0 atom stereocenters. The van der Waals surface area contributed by atoms with Crippen LogP contribution in [0, 0.1) is 37.3 Å². The van der Waals surface area contributed by atoms with Crippen LogP contribution in [0.2, 0.25) is 0 Å². The second-order valence-electron chi connectivity index (χ2n) is 0. The maximum atomic E-state index is 0. The van der Waals surface area contributed by atoms with Gasteiger partial charge in [0.1, 0.15) is 0 Å². The van der Waals surface area contributed by atoms with Crippen LogP contribution in [-0.2, 0) is 0 Å². The zero-order valence-corrected chi connectivity index (χ0v) is 3.14. The van der Waals surface area contributed by atoms with Crippen molar-refractivity contribution in [2.45, 2.75) is 7.43 Å². The Hall–Kier alpha value is 1.17. The van der Waals surface area contributed by atoms with Gasteiger partial charge in [0, 0.05) is 37.3 Å². The molecular weight excluding hydrogens is 211 g/mol. The van der Waals surface area contributed by atoms with E-state index in [1.807, 2.05) is 0 Å². The molecule has 2 nitrogen and oxygen atoms in total. The first kappa shape index (κ1) is 65.9. The smallest absolute Gasteiger partial charge is 0 e. The predicted octanol–water partition coefficient (Wildman–Crippen LogP) is -1.01. The fourth-order valence-corrected chi connectivity index (χ4v) is 0. The molecular formula is CH8ErO2. The van der Waals surface area contributed by atoms with E-state index in [1.165, 1.54) is 0 Å². The van der Waals surface area contributed by atoms with Crippen molar-refractivity contribution in [2.75, 3.05) is 0 Å². The van der Waals surface area contributed by atoms with Crippen molar-refractivity contribution < 1.29 is 48.3 Å². The molecule has 0 saturated carbocycles. The van der Waals surface area contributed by atoms with Crippen LogP contribution >= 0.6 is 0 Å². The molecule has 0 radical (unpaired) electrons. The van der Waals surface area contributed by atoms with Gasteiger partial charge in [-0.25, -0.2) is 0 Å². The second-order valence-corrected chi connectivity index (χ2v) is 0. The van der Waals surface area contributed by atoms with Gasteiger partial charge in [0.25, 0.3) is 0 Å². The van der Waals surface area contributed by atoms with Crippen molar-refractivity contribution in [1.82, 2.24) is 0 Å². The quantitative estimate of drug-likeness (QED) is 0.501. The number of hydrogen-bond acceptors (Lipinski definition) is 0. The summed E-state index contributed by atoms with van der Waals surface area (Å²) >= 11 is 0. The average molecular weight is 219 g/mol. The van der Waals surface area contributed by atoms with Crippen molar-refractivity contribution in [3.05, 3.63) is 0 Å². The van der Waals surface area contributed by atoms with Gasteiger partial charge >= 0.3 is 0 Å². The van der Waals surface area contributed by atoms with Crippen LogP contribution < -0.4 is 0 Å². The van der Waals surface area contributed by atoms with Gasteiger partial charge in [0.15, 0.2) is 0 Å². The summed E-state index contributed by atoms with van der Waals surface area (Å²) in [6.07, 6.45) is 0. The van der Waals surface area contributed by atoms with E-state index >= 15 is 0 Å². The molecule has 4 N–H and O–H groups in total. The predicted molar refractivity (Wildman–Crippen MR) is 14.0 cm³/mol. The van der Waals surface area contributed by atoms with Crippen LogP contribution in [0.25, 0.3) is 0 Å². The molecule has 0 aliphatic rings. The molecule has 0 aromatic rings. The monoisotopic (exact) mass is 218 g/mol. The van der Waals surface area contributed by atoms with Gasteiger partial charge in [0.05, 0.1) is 0 Å². The third-order valence-electron chi connectivity index (χ3n) is 0. The van der Waals surface area contributed by atoms with Crippen LogP contribution in [0.4, 0.5) is 0 Å². The number of rotatable bonds is 0. The molecule has 0 rings (SSSR count). The van der Waals surface area contributed by atoms with Crippen molar-refractivity contribution >= 4 is 0 Å². The molecule has 36 valence electrons. The van der Waals surface area contributed by atoms with E-state index in [0.717, 1.165) is 0 Å². The van der Waals surface area contributed by atoms with E-state index < -0.39 is 0 Å². The van der Waals surface area contributed by atoms with Crippen molar-refractivity contribution in [3.8, 4) is 0 Å². The fraction of sp³-hybridized carbons (Fsp3) is 1.00. The standard InChI is InChI=1S/CH4.Er.2H2O/h1H4;;2*1H2. The van der Waals surface area contributed by atoms with E-state index in [1.54, 1.807) is 0 Å². The minimum absolute atomic E-state index is 0. The fourth-order valence-electron chi connectivity index (χ4n) is 0. The zero-order chi connectivity index (χ0) is 0. The Balaban J connectivity index is 0. The van der Waals surface area contributed by atoms with E-state index in [4.69, 9.17) is 0 Å². The van der Waals surface area contributed by atoms with E-state index in [9.17, 15) is 0 Å². The summed E-state index contributed by atoms with van der Waals surface area (Å²) in [4.78, 5) is 0. The van der Waals surface area contributed by atoms with E-state index in [-0.39, 0.29) is 55.7 Å². The molecule has 0 unspecified atom stereocenters. The third kappa shape index (κ3) is 10.9. The Bertz CT molecular complexity index is 6.00. The van der Waals surface area contributed by atoms with Crippen LogP contribution in [-0.4, -0.2) is 11.0 Å². The summed E-state index contributed by atoms with van der Waals surface area (Å²) in [6, 6.07) is 0. The molecule has 0 saturated heterocycles. The maximum Gasteiger partial charge on any atom is 0 e. The van der Waals surface area contributed by atoms with Crippen LogP contribution in [0.15, 0.2) is 0 Å². The molecule has 3 heteroatoms. The van der Waals surface area contributed by atoms with Crippen LogP contribution in [0.3, 0.4) is 0 Å². The Morgan fingerprint density at radius 1 is 0.750 bits per heavy atom. The first-order valence-electron chi connectivity index (χ1n) is 0. The molecule has 0 spiro atoms. The normalized spacial score (nSPS) is 0. The molecule has 0 aromatic carbocycles. The Labute approximate surface area is 55.4 Å². The molecule has 0 bridgehead atoms. The maximum absolute atomic E-state index is 0. The summed E-state index contributed by atoms with van der Waals surface area (Å²) in [5.41, 5.74) is 0.